The number of carbonyl (C=O) groups is 2. The van der Waals surface area contributed by atoms with Gasteiger partial charge in [-0.15, -0.1) is 0 Å². The molecular formula is C24H25NO5. The van der Waals surface area contributed by atoms with Crippen LogP contribution < -0.4 is 14.8 Å². The van der Waals surface area contributed by atoms with Crippen LogP contribution in [0.4, 0.5) is 0 Å². The molecule has 4 rings (SSSR count). The molecule has 1 heterocycles. The average molecular weight is 407 g/mol. The zero-order chi connectivity index (χ0) is 20.9. The van der Waals surface area contributed by atoms with E-state index in [4.69, 9.17) is 14.2 Å². The summed E-state index contributed by atoms with van der Waals surface area (Å²) in [6, 6.07) is 14.6. The third-order valence-corrected chi connectivity index (χ3v) is 5.48. The van der Waals surface area contributed by atoms with Crippen molar-refractivity contribution in [2.24, 2.45) is 0 Å². The molecule has 0 aromatic heterocycles. The Hall–Kier alpha value is -3.28. The summed E-state index contributed by atoms with van der Waals surface area (Å²) in [5.74, 6) is 0.518. The van der Waals surface area contributed by atoms with E-state index in [1.54, 1.807) is 37.5 Å². The first-order valence-corrected chi connectivity index (χ1v) is 10.2. The molecule has 0 spiro atoms. The van der Waals surface area contributed by atoms with Crippen molar-refractivity contribution in [3.8, 4) is 11.5 Å². The van der Waals surface area contributed by atoms with Gasteiger partial charge in [-0.25, -0.2) is 4.79 Å². The molecule has 2 aromatic carbocycles. The number of hydrogen-bond donors (Lipinski definition) is 1. The third-order valence-electron chi connectivity index (χ3n) is 5.48. The zero-order valence-electron chi connectivity index (χ0n) is 16.9. The van der Waals surface area contributed by atoms with Crippen LogP contribution in [-0.4, -0.2) is 31.6 Å². The quantitative estimate of drug-likeness (QED) is 0.737. The van der Waals surface area contributed by atoms with Crippen molar-refractivity contribution in [3.63, 3.8) is 0 Å². The number of ether oxygens (including phenoxy) is 3. The fraction of sp³-hybridized carbons (Fsp3) is 0.333. The van der Waals surface area contributed by atoms with Gasteiger partial charge in [0.2, 0.25) is 6.10 Å². The van der Waals surface area contributed by atoms with Crippen LogP contribution in [0.25, 0.3) is 6.08 Å². The second kappa shape index (κ2) is 9.03. The molecule has 156 valence electrons. The molecule has 0 bridgehead atoms. The van der Waals surface area contributed by atoms with E-state index in [1.165, 1.54) is 0 Å². The summed E-state index contributed by atoms with van der Waals surface area (Å²) in [6.45, 7) is 0.107. The standard InChI is InChI=1S/C24H25NO5/c1-28-20-12-10-16(11-13-20)22(23(26)25-19-7-3-4-8-19)30-24(27)18-14-17-6-2-5-9-21(17)29-15-18/h2,5-6,9-14,19,22H,3-4,7-8,15H2,1H3,(H,25,26). The Labute approximate surface area is 175 Å². The van der Waals surface area contributed by atoms with Gasteiger partial charge in [-0.3, -0.25) is 4.79 Å². The fourth-order valence-electron chi connectivity index (χ4n) is 3.82. The summed E-state index contributed by atoms with van der Waals surface area (Å²) in [4.78, 5) is 25.9. The van der Waals surface area contributed by atoms with Gasteiger partial charge in [0.1, 0.15) is 18.1 Å². The van der Waals surface area contributed by atoms with Crippen LogP contribution in [0.1, 0.15) is 42.9 Å². The van der Waals surface area contributed by atoms with Crippen LogP contribution in [0.2, 0.25) is 0 Å². The Balaban J connectivity index is 1.54. The molecule has 6 heteroatoms. The molecule has 6 nitrogen and oxygen atoms in total. The van der Waals surface area contributed by atoms with E-state index in [0.717, 1.165) is 37.0 Å². The number of carbonyl (C=O) groups excluding carboxylic acids is 2. The molecule has 2 aromatic rings. The fourth-order valence-corrected chi connectivity index (χ4v) is 3.82. The molecule has 1 N–H and O–H groups in total. The number of fused-ring (bicyclic) bond motifs is 1. The topological polar surface area (TPSA) is 73.9 Å². The van der Waals surface area contributed by atoms with E-state index < -0.39 is 12.1 Å². The van der Waals surface area contributed by atoms with Gasteiger partial charge in [0.25, 0.3) is 5.91 Å². The van der Waals surface area contributed by atoms with Crippen LogP contribution in [0, 0.1) is 0 Å². The summed E-state index contributed by atoms with van der Waals surface area (Å²) in [6.07, 6.45) is 4.81. The molecule has 30 heavy (non-hydrogen) atoms. The van der Waals surface area contributed by atoms with E-state index >= 15 is 0 Å². The van der Waals surface area contributed by atoms with Crippen molar-refractivity contribution in [2.75, 3.05) is 13.7 Å². The maximum Gasteiger partial charge on any atom is 0.338 e. The van der Waals surface area contributed by atoms with E-state index in [-0.39, 0.29) is 18.6 Å². The minimum atomic E-state index is -1.04. The Bertz CT molecular complexity index is 944. The summed E-state index contributed by atoms with van der Waals surface area (Å²) in [7, 11) is 1.58. The largest absolute Gasteiger partial charge is 0.497 e. The smallest absolute Gasteiger partial charge is 0.338 e. The normalized spacial score (nSPS) is 16.6. The number of hydrogen-bond acceptors (Lipinski definition) is 5. The molecule has 2 aliphatic rings. The summed E-state index contributed by atoms with van der Waals surface area (Å²) in [5, 5.41) is 3.03. The second-order valence-corrected chi connectivity index (χ2v) is 7.54. The average Bonchev–Trinajstić information content (AvgIpc) is 3.30. The molecule has 1 fully saturated rings. The monoisotopic (exact) mass is 407 g/mol. The Morgan fingerprint density at radius 1 is 1.07 bits per heavy atom. The zero-order valence-corrected chi connectivity index (χ0v) is 16.9. The highest BCUT2D eigenvalue weighted by atomic mass is 16.6. The van der Waals surface area contributed by atoms with Crippen LogP contribution >= 0.6 is 0 Å². The molecule has 1 amide bonds. The number of methoxy groups -OCH3 is 1. The van der Waals surface area contributed by atoms with E-state index in [1.807, 2.05) is 24.3 Å². The first-order chi connectivity index (χ1) is 14.6. The minimum absolute atomic E-state index is 0.107. The molecular weight excluding hydrogens is 382 g/mol. The maximum absolute atomic E-state index is 13.0. The minimum Gasteiger partial charge on any atom is -0.497 e. The van der Waals surface area contributed by atoms with Gasteiger partial charge in [0.15, 0.2) is 0 Å². The Morgan fingerprint density at radius 3 is 2.53 bits per heavy atom. The molecule has 1 atom stereocenters. The van der Waals surface area contributed by atoms with Gasteiger partial charge in [-0.2, -0.15) is 0 Å². The van der Waals surface area contributed by atoms with Crippen LogP contribution in [0.15, 0.2) is 54.1 Å². The number of amides is 1. The summed E-state index contributed by atoms with van der Waals surface area (Å²) < 4.78 is 16.5. The van der Waals surface area contributed by atoms with Gasteiger partial charge in [-0.1, -0.05) is 43.2 Å². The van der Waals surface area contributed by atoms with Crippen molar-refractivity contribution < 1.29 is 23.8 Å². The first kappa shape index (κ1) is 20.0. The molecule has 1 unspecified atom stereocenters. The van der Waals surface area contributed by atoms with Crippen molar-refractivity contribution in [3.05, 3.63) is 65.2 Å². The van der Waals surface area contributed by atoms with Crippen molar-refractivity contribution in [1.29, 1.82) is 0 Å². The van der Waals surface area contributed by atoms with Crippen molar-refractivity contribution in [2.45, 2.75) is 37.8 Å². The van der Waals surface area contributed by atoms with Crippen molar-refractivity contribution >= 4 is 18.0 Å². The first-order valence-electron chi connectivity index (χ1n) is 10.2. The molecule has 1 aliphatic carbocycles. The highest BCUT2D eigenvalue weighted by molar-refractivity contribution is 5.97. The summed E-state index contributed by atoms with van der Waals surface area (Å²) >= 11 is 0. The predicted molar refractivity (Wildman–Crippen MR) is 112 cm³/mol. The lowest BCUT2D eigenvalue weighted by atomic mass is 10.1. The lowest BCUT2D eigenvalue weighted by Gasteiger charge is -2.22. The van der Waals surface area contributed by atoms with Gasteiger partial charge in [0.05, 0.1) is 12.7 Å². The molecule has 1 saturated carbocycles. The highest BCUT2D eigenvalue weighted by Crippen LogP contribution is 2.29. The summed E-state index contributed by atoms with van der Waals surface area (Å²) in [5.41, 5.74) is 1.78. The maximum atomic E-state index is 13.0. The molecule has 0 radical (unpaired) electrons. The van der Waals surface area contributed by atoms with Crippen LogP contribution in [-0.2, 0) is 14.3 Å². The van der Waals surface area contributed by atoms with Gasteiger partial charge >= 0.3 is 5.97 Å². The van der Waals surface area contributed by atoms with Gasteiger partial charge in [-0.05, 0) is 37.1 Å². The highest BCUT2D eigenvalue weighted by Gasteiger charge is 2.30. The van der Waals surface area contributed by atoms with E-state index in [2.05, 4.69) is 5.32 Å². The number of esters is 1. The van der Waals surface area contributed by atoms with Gasteiger partial charge in [0, 0.05) is 17.2 Å². The lowest BCUT2D eigenvalue weighted by molar-refractivity contribution is -0.153. The van der Waals surface area contributed by atoms with E-state index in [9.17, 15) is 9.59 Å². The molecule has 0 saturated heterocycles. The van der Waals surface area contributed by atoms with Crippen LogP contribution in [0.5, 0.6) is 11.5 Å². The predicted octanol–water partition coefficient (Wildman–Crippen LogP) is 3.81. The van der Waals surface area contributed by atoms with Crippen LogP contribution in [0.3, 0.4) is 0 Å². The number of benzene rings is 2. The lowest BCUT2D eigenvalue weighted by Crippen LogP contribution is -2.38. The Kier molecular flexibility index (Phi) is 6.02. The van der Waals surface area contributed by atoms with Gasteiger partial charge < -0.3 is 19.5 Å². The molecule has 1 aliphatic heterocycles. The van der Waals surface area contributed by atoms with Crippen molar-refractivity contribution in [1.82, 2.24) is 5.32 Å². The SMILES string of the molecule is COc1ccc(C(OC(=O)C2=Cc3ccccc3OC2)C(=O)NC2CCCC2)cc1. The number of nitrogens with one attached hydrogen (secondary N) is 1. The second-order valence-electron chi connectivity index (χ2n) is 7.54. The number of rotatable bonds is 6. The third kappa shape index (κ3) is 4.48. The van der Waals surface area contributed by atoms with E-state index in [0.29, 0.717) is 16.9 Å². The Morgan fingerprint density at radius 2 is 1.80 bits per heavy atom. The number of para-hydroxylation sites is 1.